The maximum absolute atomic E-state index is 12.2. The van der Waals surface area contributed by atoms with Crippen LogP contribution < -0.4 is 10.6 Å². The molecule has 0 aliphatic heterocycles. The van der Waals surface area contributed by atoms with E-state index in [1.54, 1.807) is 0 Å². The molecule has 0 unspecified atom stereocenters. The number of aryl methyl sites for hydroxylation is 3. The molecule has 29 heavy (non-hydrogen) atoms. The van der Waals surface area contributed by atoms with Crippen molar-refractivity contribution in [3.63, 3.8) is 0 Å². The van der Waals surface area contributed by atoms with E-state index in [9.17, 15) is 4.79 Å². The average Bonchev–Trinajstić information content (AvgIpc) is 3.27. The van der Waals surface area contributed by atoms with Gasteiger partial charge in [-0.15, -0.1) is 11.3 Å². The standard InChI is InChI=1S/C21H24N4O2S2/c1-14-12-15(2)25(24-14)11-7-10-22-21(28)23-19-17(20(26)27-3)13-18(29-19)16-8-5-4-6-9-16/h4-6,8-9,12-13H,7,10-11H2,1-3H3,(H2,22,23,28). The van der Waals surface area contributed by atoms with Crippen LogP contribution in [0.15, 0.2) is 42.5 Å². The van der Waals surface area contributed by atoms with Gasteiger partial charge in [0.05, 0.1) is 18.4 Å². The summed E-state index contributed by atoms with van der Waals surface area (Å²) in [5.41, 5.74) is 3.69. The lowest BCUT2D eigenvalue weighted by Crippen LogP contribution is -2.30. The number of methoxy groups -OCH3 is 1. The molecule has 0 fully saturated rings. The third-order valence-electron chi connectivity index (χ3n) is 4.36. The zero-order chi connectivity index (χ0) is 20.8. The average molecular weight is 429 g/mol. The highest BCUT2D eigenvalue weighted by Gasteiger charge is 2.18. The molecule has 3 aromatic rings. The van der Waals surface area contributed by atoms with Gasteiger partial charge in [-0.1, -0.05) is 30.3 Å². The first-order valence-corrected chi connectivity index (χ1v) is 10.5. The van der Waals surface area contributed by atoms with Gasteiger partial charge in [-0.2, -0.15) is 5.10 Å². The van der Waals surface area contributed by atoms with E-state index < -0.39 is 5.97 Å². The summed E-state index contributed by atoms with van der Waals surface area (Å²) in [4.78, 5) is 13.2. The topological polar surface area (TPSA) is 68.2 Å². The molecule has 2 heterocycles. The molecule has 6 nitrogen and oxygen atoms in total. The third kappa shape index (κ3) is 5.42. The van der Waals surface area contributed by atoms with Crippen LogP contribution in [-0.4, -0.2) is 34.5 Å². The summed E-state index contributed by atoms with van der Waals surface area (Å²) in [6, 6.07) is 13.8. The molecule has 2 aromatic heterocycles. The van der Waals surface area contributed by atoms with Gasteiger partial charge in [-0.25, -0.2) is 4.79 Å². The maximum atomic E-state index is 12.2. The van der Waals surface area contributed by atoms with Crippen molar-refractivity contribution in [3.05, 3.63) is 59.4 Å². The number of anilines is 1. The van der Waals surface area contributed by atoms with Gasteiger partial charge in [0.2, 0.25) is 0 Å². The Morgan fingerprint density at radius 3 is 2.66 bits per heavy atom. The Balaban J connectivity index is 1.60. The van der Waals surface area contributed by atoms with E-state index in [1.807, 2.05) is 48.0 Å². The Hall–Kier alpha value is -2.71. The summed E-state index contributed by atoms with van der Waals surface area (Å²) >= 11 is 6.89. The molecule has 0 spiro atoms. The van der Waals surface area contributed by atoms with Crippen LogP contribution in [0.1, 0.15) is 28.2 Å². The van der Waals surface area contributed by atoms with Crippen molar-refractivity contribution in [3.8, 4) is 10.4 Å². The van der Waals surface area contributed by atoms with Crippen LogP contribution in [0.3, 0.4) is 0 Å². The van der Waals surface area contributed by atoms with Crippen LogP contribution in [0.4, 0.5) is 5.00 Å². The molecule has 3 rings (SSSR count). The Morgan fingerprint density at radius 2 is 2.00 bits per heavy atom. The van der Waals surface area contributed by atoms with Crippen molar-refractivity contribution < 1.29 is 9.53 Å². The monoisotopic (exact) mass is 428 g/mol. The number of hydrogen-bond donors (Lipinski definition) is 2. The normalized spacial score (nSPS) is 10.6. The Kier molecular flexibility index (Phi) is 7.00. The van der Waals surface area contributed by atoms with Crippen molar-refractivity contribution in [2.45, 2.75) is 26.8 Å². The van der Waals surface area contributed by atoms with E-state index >= 15 is 0 Å². The lowest BCUT2D eigenvalue weighted by Gasteiger charge is -2.11. The fourth-order valence-corrected chi connectivity index (χ4v) is 4.29. The zero-order valence-corrected chi connectivity index (χ0v) is 18.3. The summed E-state index contributed by atoms with van der Waals surface area (Å²) in [5, 5.41) is 11.9. The molecule has 0 saturated heterocycles. The predicted octanol–water partition coefficient (Wildman–Crippen LogP) is 4.39. The van der Waals surface area contributed by atoms with Crippen LogP contribution in [0, 0.1) is 13.8 Å². The highest BCUT2D eigenvalue weighted by atomic mass is 32.1. The fraction of sp³-hybridized carbons (Fsp3) is 0.286. The van der Waals surface area contributed by atoms with Gasteiger partial charge >= 0.3 is 5.97 Å². The first-order chi connectivity index (χ1) is 14.0. The fourth-order valence-electron chi connectivity index (χ4n) is 2.97. The van der Waals surface area contributed by atoms with Crippen LogP contribution in [-0.2, 0) is 11.3 Å². The highest BCUT2D eigenvalue weighted by molar-refractivity contribution is 7.80. The maximum Gasteiger partial charge on any atom is 0.340 e. The van der Waals surface area contributed by atoms with Gasteiger partial charge in [0.25, 0.3) is 0 Å². The lowest BCUT2D eigenvalue weighted by atomic mass is 10.1. The molecule has 152 valence electrons. The molecule has 0 atom stereocenters. The van der Waals surface area contributed by atoms with E-state index in [1.165, 1.54) is 18.4 Å². The largest absolute Gasteiger partial charge is 0.465 e. The molecule has 0 aliphatic carbocycles. The summed E-state index contributed by atoms with van der Waals surface area (Å²) in [7, 11) is 1.38. The molecule has 0 saturated carbocycles. The number of thiophene rings is 1. The van der Waals surface area contributed by atoms with Crippen molar-refractivity contribution in [1.29, 1.82) is 0 Å². The van der Waals surface area contributed by atoms with Crippen molar-refractivity contribution in [2.24, 2.45) is 0 Å². The quantitative estimate of drug-likeness (QED) is 0.330. The Labute approximate surface area is 179 Å². The van der Waals surface area contributed by atoms with Crippen molar-refractivity contribution >= 4 is 39.6 Å². The Bertz CT molecular complexity index is 996. The Morgan fingerprint density at radius 1 is 1.24 bits per heavy atom. The minimum absolute atomic E-state index is 0.391. The second kappa shape index (κ2) is 9.67. The van der Waals surface area contributed by atoms with E-state index in [4.69, 9.17) is 17.0 Å². The molecular formula is C21H24N4O2S2. The number of esters is 1. The SMILES string of the molecule is COC(=O)c1cc(-c2ccccc2)sc1NC(=S)NCCCn1nc(C)cc1C. The van der Waals surface area contributed by atoms with E-state index in [0.717, 1.165) is 34.8 Å². The molecular weight excluding hydrogens is 404 g/mol. The summed E-state index contributed by atoms with van der Waals surface area (Å²) in [5.74, 6) is -0.391. The summed E-state index contributed by atoms with van der Waals surface area (Å²) in [6.45, 7) is 5.56. The first-order valence-electron chi connectivity index (χ1n) is 9.31. The number of hydrogen-bond acceptors (Lipinski definition) is 5. The van der Waals surface area contributed by atoms with Crippen molar-refractivity contribution in [2.75, 3.05) is 19.0 Å². The smallest absolute Gasteiger partial charge is 0.340 e. The minimum atomic E-state index is -0.391. The predicted molar refractivity (Wildman–Crippen MR) is 122 cm³/mol. The van der Waals surface area contributed by atoms with Crippen LogP contribution >= 0.6 is 23.6 Å². The van der Waals surface area contributed by atoms with Gasteiger partial charge in [-0.05, 0) is 50.2 Å². The number of thiocarbonyl (C=S) groups is 1. The summed E-state index contributed by atoms with van der Waals surface area (Å²) in [6.07, 6.45) is 0.882. The van der Waals surface area contributed by atoms with E-state index in [2.05, 4.69) is 28.7 Å². The van der Waals surface area contributed by atoms with Gasteiger partial charge < -0.3 is 15.4 Å². The highest BCUT2D eigenvalue weighted by Crippen LogP contribution is 2.35. The number of nitrogens with one attached hydrogen (secondary N) is 2. The minimum Gasteiger partial charge on any atom is -0.465 e. The van der Waals surface area contributed by atoms with Gasteiger partial charge in [0, 0.05) is 23.7 Å². The second-order valence-corrected chi connectivity index (χ2v) is 8.06. The van der Waals surface area contributed by atoms with Crippen LogP contribution in [0.2, 0.25) is 0 Å². The van der Waals surface area contributed by atoms with Crippen LogP contribution in [0.5, 0.6) is 0 Å². The summed E-state index contributed by atoms with van der Waals surface area (Å²) < 4.78 is 6.92. The molecule has 8 heteroatoms. The molecule has 1 aromatic carbocycles. The number of carbonyl (C=O) groups is 1. The van der Waals surface area contributed by atoms with Crippen LogP contribution in [0.25, 0.3) is 10.4 Å². The van der Waals surface area contributed by atoms with Gasteiger partial charge in [0.1, 0.15) is 5.00 Å². The molecule has 2 N–H and O–H groups in total. The lowest BCUT2D eigenvalue weighted by molar-refractivity contribution is 0.0602. The van der Waals surface area contributed by atoms with E-state index in [0.29, 0.717) is 22.2 Å². The van der Waals surface area contributed by atoms with E-state index in [-0.39, 0.29) is 0 Å². The second-order valence-electron chi connectivity index (χ2n) is 6.60. The molecule has 0 amide bonds. The number of carbonyl (C=O) groups excluding carboxylic acids is 1. The number of rotatable bonds is 7. The van der Waals surface area contributed by atoms with Gasteiger partial charge in [0.15, 0.2) is 5.11 Å². The number of aromatic nitrogens is 2. The third-order valence-corrected chi connectivity index (χ3v) is 5.70. The number of benzene rings is 1. The van der Waals surface area contributed by atoms with Gasteiger partial charge in [-0.3, -0.25) is 4.68 Å². The molecule has 0 aliphatic rings. The molecule has 0 bridgehead atoms. The van der Waals surface area contributed by atoms with Crippen molar-refractivity contribution in [1.82, 2.24) is 15.1 Å². The number of nitrogens with zero attached hydrogens (tertiary/aromatic N) is 2. The number of ether oxygens (including phenoxy) is 1. The molecule has 0 radical (unpaired) electrons. The zero-order valence-electron chi connectivity index (χ0n) is 16.7. The first kappa shape index (κ1) is 21.0.